The van der Waals surface area contributed by atoms with Crippen LogP contribution in [-0.4, -0.2) is 70.9 Å². The monoisotopic (exact) mass is 477 g/mol. The Hall–Kier alpha value is -3.42. The van der Waals surface area contributed by atoms with E-state index in [1.807, 2.05) is 53.4 Å². The van der Waals surface area contributed by atoms with Crippen molar-refractivity contribution in [1.29, 1.82) is 0 Å². The Morgan fingerprint density at radius 3 is 2.49 bits per heavy atom. The number of benzene rings is 1. The van der Waals surface area contributed by atoms with E-state index in [-0.39, 0.29) is 24.3 Å². The zero-order valence-corrected chi connectivity index (χ0v) is 20.5. The molecule has 1 aromatic carbocycles. The van der Waals surface area contributed by atoms with Gasteiger partial charge in [0.15, 0.2) is 0 Å². The van der Waals surface area contributed by atoms with Crippen LogP contribution in [0, 0.1) is 0 Å². The molecule has 0 bridgehead atoms. The van der Waals surface area contributed by atoms with Gasteiger partial charge >= 0.3 is 0 Å². The van der Waals surface area contributed by atoms with Gasteiger partial charge in [0, 0.05) is 50.1 Å². The van der Waals surface area contributed by atoms with Gasteiger partial charge in [-0.1, -0.05) is 37.6 Å². The largest absolute Gasteiger partial charge is 0.354 e. The number of unbranched alkanes of at least 4 members (excludes halogenated alkanes) is 1. The van der Waals surface area contributed by atoms with E-state index in [0.29, 0.717) is 52.0 Å². The minimum Gasteiger partial charge on any atom is -0.354 e. The molecule has 0 radical (unpaired) electrons. The highest BCUT2D eigenvalue weighted by atomic mass is 16.2. The molecule has 8 heteroatoms. The second-order valence-corrected chi connectivity index (χ2v) is 9.35. The summed E-state index contributed by atoms with van der Waals surface area (Å²) < 4.78 is 0. The normalized spacial score (nSPS) is 17.2. The lowest BCUT2D eigenvalue weighted by molar-refractivity contribution is -0.140. The standard InChI is InChI=1S/C27H35N5O3/c1-2-3-12-25(34)30-18-14-27(15-19-30)26(35)31(21-32(27)23-10-5-4-6-11-23)20-24(33)29-17-13-22-9-7-8-16-28-22/h4-11,16H,2-3,12-15,17-21H2,1H3,(H,29,33). The van der Waals surface area contributed by atoms with Gasteiger partial charge in [0.2, 0.25) is 11.8 Å². The summed E-state index contributed by atoms with van der Waals surface area (Å²) in [7, 11) is 0. The number of rotatable bonds is 9. The van der Waals surface area contributed by atoms with Gasteiger partial charge in [0.1, 0.15) is 12.1 Å². The zero-order valence-electron chi connectivity index (χ0n) is 20.5. The number of likely N-dealkylation sites (tertiary alicyclic amines) is 1. The molecule has 1 spiro atoms. The van der Waals surface area contributed by atoms with Crippen molar-refractivity contribution in [3.05, 3.63) is 60.4 Å². The molecular weight excluding hydrogens is 442 g/mol. The number of hydrogen-bond donors (Lipinski definition) is 1. The van der Waals surface area contributed by atoms with Crippen LogP contribution in [0.2, 0.25) is 0 Å². The molecule has 0 atom stereocenters. The number of pyridine rings is 1. The number of carbonyl (C=O) groups excluding carboxylic acids is 3. The summed E-state index contributed by atoms with van der Waals surface area (Å²) in [5.74, 6) is -0.0315. The van der Waals surface area contributed by atoms with Crippen molar-refractivity contribution in [2.24, 2.45) is 0 Å². The minimum absolute atomic E-state index is 0.0191. The van der Waals surface area contributed by atoms with Gasteiger partial charge in [-0.15, -0.1) is 0 Å². The third-order valence-electron chi connectivity index (χ3n) is 7.03. The van der Waals surface area contributed by atoms with E-state index < -0.39 is 5.54 Å². The van der Waals surface area contributed by atoms with Gasteiger partial charge in [-0.25, -0.2) is 0 Å². The molecular formula is C27H35N5O3. The van der Waals surface area contributed by atoms with E-state index in [0.717, 1.165) is 24.2 Å². The SMILES string of the molecule is CCCCC(=O)N1CCC2(CC1)C(=O)N(CC(=O)NCCc1ccccn1)CN2c1ccccc1. The Balaban J connectivity index is 1.42. The van der Waals surface area contributed by atoms with Crippen LogP contribution in [0.15, 0.2) is 54.7 Å². The second kappa shape index (κ2) is 11.3. The maximum Gasteiger partial charge on any atom is 0.250 e. The van der Waals surface area contributed by atoms with Crippen LogP contribution in [-0.2, 0) is 20.8 Å². The lowest BCUT2D eigenvalue weighted by Gasteiger charge is -2.43. The number of piperidine rings is 1. The van der Waals surface area contributed by atoms with Crippen molar-refractivity contribution in [2.45, 2.75) is 51.0 Å². The van der Waals surface area contributed by atoms with Crippen LogP contribution >= 0.6 is 0 Å². The molecule has 1 aromatic heterocycles. The first-order valence-electron chi connectivity index (χ1n) is 12.6. The van der Waals surface area contributed by atoms with Gasteiger partial charge in [0.25, 0.3) is 5.91 Å². The number of carbonyl (C=O) groups is 3. The van der Waals surface area contributed by atoms with E-state index >= 15 is 0 Å². The van der Waals surface area contributed by atoms with E-state index in [1.165, 1.54) is 0 Å². The molecule has 2 saturated heterocycles. The molecule has 1 N–H and O–H groups in total. The molecule has 2 aliphatic rings. The van der Waals surface area contributed by atoms with E-state index in [2.05, 4.69) is 22.1 Å². The highest BCUT2D eigenvalue weighted by molar-refractivity contribution is 5.96. The number of aromatic nitrogens is 1. The topological polar surface area (TPSA) is 85.8 Å². The summed E-state index contributed by atoms with van der Waals surface area (Å²) in [6.45, 7) is 4.05. The fraction of sp³-hybridized carbons (Fsp3) is 0.481. The Morgan fingerprint density at radius 1 is 1.06 bits per heavy atom. The molecule has 3 amide bonds. The summed E-state index contributed by atoms with van der Waals surface area (Å²) in [6, 6.07) is 15.6. The first kappa shape index (κ1) is 24.7. The molecule has 8 nitrogen and oxygen atoms in total. The average Bonchev–Trinajstić information content (AvgIpc) is 3.15. The van der Waals surface area contributed by atoms with Crippen LogP contribution in [0.4, 0.5) is 5.69 Å². The molecule has 0 aliphatic carbocycles. The Bertz CT molecular complexity index is 1010. The number of para-hydroxylation sites is 1. The Kier molecular flexibility index (Phi) is 8.00. The van der Waals surface area contributed by atoms with Crippen molar-refractivity contribution < 1.29 is 14.4 Å². The molecule has 0 unspecified atom stereocenters. The smallest absolute Gasteiger partial charge is 0.250 e. The van der Waals surface area contributed by atoms with Gasteiger partial charge in [0.05, 0.1) is 6.67 Å². The molecule has 2 aromatic rings. The minimum atomic E-state index is -0.725. The zero-order chi connectivity index (χ0) is 24.7. The van der Waals surface area contributed by atoms with Crippen LogP contribution in [0.25, 0.3) is 0 Å². The van der Waals surface area contributed by atoms with E-state index in [1.54, 1.807) is 11.1 Å². The molecule has 2 fully saturated rings. The van der Waals surface area contributed by atoms with Crippen molar-refractivity contribution in [2.75, 3.05) is 37.7 Å². The van der Waals surface area contributed by atoms with E-state index in [4.69, 9.17) is 0 Å². The van der Waals surface area contributed by atoms with Gasteiger partial charge in [-0.3, -0.25) is 19.4 Å². The number of amides is 3. The van der Waals surface area contributed by atoms with Gasteiger partial charge in [-0.2, -0.15) is 0 Å². The van der Waals surface area contributed by atoms with Crippen molar-refractivity contribution >= 4 is 23.4 Å². The molecule has 4 rings (SSSR count). The predicted molar refractivity (Wildman–Crippen MR) is 135 cm³/mol. The highest BCUT2D eigenvalue weighted by Gasteiger charge is 2.54. The van der Waals surface area contributed by atoms with Gasteiger partial charge in [-0.05, 0) is 43.5 Å². The number of anilines is 1. The average molecular weight is 478 g/mol. The third-order valence-corrected chi connectivity index (χ3v) is 7.03. The van der Waals surface area contributed by atoms with Crippen molar-refractivity contribution in [3.8, 4) is 0 Å². The predicted octanol–water partition coefficient (Wildman–Crippen LogP) is 2.60. The summed E-state index contributed by atoms with van der Waals surface area (Å²) in [5, 5.41) is 2.92. The number of nitrogens with zero attached hydrogens (tertiary/aromatic N) is 4. The van der Waals surface area contributed by atoms with Gasteiger partial charge < -0.3 is 20.0 Å². The lowest BCUT2D eigenvalue weighted by atomic mass is 9.85. The fourth-order valence-electron chi connectivity index (χ4n) is 5.04. The molecule has 0 saturated carbocycles. The third kappa shape index (κ3) is 5.63. The Labute approximate surface area is 207 Å². The van der Waals surface area contributed by atoms with Crippen molar-refractivity contribution in [1.82, 2.24) is 20.1 Å². The van der Waals surface area contributed by atoms with Crippen LogP contribution in [0.3, 0.4) is 0 Å². The number of nitrogens with one attached hydrogen (secondary N) is 1. The summed E-state index contributed by atoms with van der Waals surface area (Å²) >= 11 is 0. The fourth-order valence-corrected chi connectivity index (χ4v) is 5.04. The highest BCUT2D eigenvalue weighted by Crippen LogP contribution is 2.39. The van der Waals surface area contributed by atoms with Crippen LogP contribution in [0.5, 0.6) is 0 Å². The van der Waals surface area contributed by atoms with Crippen LogP contribution in [0.1, 0.15) is 44.7 Å². The summed E-state index contributed by atoms with van der Waals surface area (Å²) in [5.41, 5.74) is 1.15. The second-order valence-electron chi connectivity index (χ2n) is 9.35. The first-order valence-corrected chi connectivity index (χ1v) is 12.6. The summed E-state index contributed by atoms with van der Waals surface area (Å²) in [4.78, 5) is 48.9. The first-order chi connectivity index (χ1) is 17.0. The maximum atomic E-state index is 13.7. The van der Waals surface area contributed by atoms with E-state index in [9.17, 15) is 14.4 Å². The number of hydrogen-bond acceptors (Lipinski definition) is 5. The molecule has 186 valence electrons. The summed E-state index contributed by atoms with van der Waals surface area (Å²) in [6.07, 6.45) is 5.95. The Morgan fingerprint density at radius 2 is 1.80 bits per heavy atom. The molecule has 35 heavy (non-hydrogen) atoms. The lowest BCUT2D eigenvalue weighted by Crippen LogP contribution is -2.57. The molecule has 3 heterocycles. The molecule has 2 aliphatic heterocycles. The maximum absolute atomic E-state index is 13.7. The van der Waals surface area contributed by atoms with Crippen molar-refractivity contribution in [3.63, 3.8) is 0 Å². The quantitative estimate of drug-likeness (QED) is 0.600. The van der Waals surface area contributed by atoms with Crippen LogP contribution < -0.4 is 10.2 Å².